The Balaban J connectivity index is 1.38. The van der Waals surface area contributed by atoms with Crippen molar-refractivity contribution in [3.8, 4) is 11.6 Å². The first-order valence-electron chi connectivity index (χ1n) is 8.39. The first kappa shape index (κ1) is 15.8. The number of hydrogen-bond donors (Lipinski definition) is 0. The summed E-state index contributed by atoms with van der Waals surface area (Å²) in [7, 11) is 2.06. The SMILES string of the molecule is CN(Cc1nc(-c2ccco2)no1)C[C@H]1CCCN1c1cccnn1. The van der Waals surface area contributed by atoms with Gasteiger partial charge in [-0.15, -0.1) is 5.10 Å². The van der Waals surface area contributed by atoms with Gasteiger partial charge in [0.1, 0.15) is 0 Å². The van der Waals surface area contributed by atoms with Gasteiger partial charge in [0.2, 0.25) is 11.7 Å². The average molecular weight is 340 g/mol. The maximum absolute atomic E-state index is 5.34. The molecule has 1 atom stereocenters. The van der Waals surface area contributed by atoms with Crippen molar-refractivity contribution in [2.75, 3.05) is 25.0 Å². The molecule has 3 aromatic heterocycles. The lowest BCUT2D eigenvalue weighted by atomic mass is 10.2. The molecule has 0 aliphatic carbocycles. The van der Waals surface area contributed by atoms with E-state index in [1.807, 2.05) is 18.2 Å². The zero-order valence-electron chi connectivity index (χ0n) is 14.1. The van der Waals surface area contributed by atoms with Crippen LogP contribution in [-0.4, -0.2) is 51.4 Å². The van der Waals surface area contributed by atoms with Crippen LogP contribution >= 0.6 is 0 Å². The van der Waals surface area contributed by atoms with Crippen LogP contribution in [-0.2, 0) is 6.54 Å². The lowest BCUT2D eigenvalue weighted by molar-refractivity contribution is 0.254. The fraction of sp³-hybridized carbons (Fsp3) is 0.412. The van der Waals surface area contributed by atoms with Gasteiger partial charge >= 0.3 is 0 Å². The molecule has 3 aromatic rings. The summed E-state index contributed by atoms with van der Waals surface area (Å²) in [5, 5.41) is 12.2. The lowest BCUT2D eigenvalue weighted by Gasteiger charge is -2.28. The summed E-state index contributed by atoms with van der Waals surface area (Å²) in [6.07, 6.45) is 5.60. The van der Waals surface area contributed by atoms with E-state index in [9.17, 15) is 0 Å². The maximum Gasteiger partial charge on any atom is 0.241 e. The number of rotatable bonds is 6. The highest BCUT2D eigenvalue weighted by Crippen LogP contribution is 2.24. The zero-order valence-corrected chi connectivity index (χ0v) is 14.1. The zero-order chi connectivity index (χ0) is 17.1. The van der Waals surface area contributed by atoms with E-state index in [-0.39, 0.29) is 0 Å². The van der Waals surface area contributed by atoms with E-state index in [4.69, 9.17) is 8.94 Å². The van der Waals surface area contributed by atoms with Crippen LogP contribution in [0.4, 0.5) is 5.82 Å². The maximum atomic E-state index is 5.34. The van der Waals surface area contributed by atoms with Gasteiger partial charge in [0.15, 0.2) is 11.6 Å². The summed E-state index contributed by atoms with van der Waals surface area (Å²) >= 11 is 0. The summed E-state index contributed by atoms with van der Waals surface area (Å²) in [5.74, 6) is 2.62. The third-order valence-corrected chi connectivity index (χ3v) is 4.37. The Morgan fingerprint density at radius 1 is 1.32 bits per heavy atom. The molecule has 0 unspecified atom stereocenters. The number of nitrogens with zero attached hydrogens (tertiary/aromatic N) is 6. The Morgan fingerprint density at radius 3 is 3.08 bits per heavy atom. The number of likely N-dealkylation sites (N-methyl/N-ethyl adjacent to an activating group) is 1. The van der Waals surface area contributed by atoms with Crippen LogP contribution in [0.2, 0.25) is 0 Å². The van der Waals surface area contributed by atoms with Gasteiger partial charge in [-0.2, -0.15) is 10.1 Å². The van der Waals surface area contributed by atoms with E-state index in [0.717, 1.165) is 31.7 Å². The predicted molar refractivity (Wildman–Crippen MR) is 90.7 cm³/mol. The van der Waals surface area contributed by atoms with Crippen molar-refractivity contribution in [2.24, 2.45) is 0 Å². The van der Waals surface area contributed by atoms with Crippen molar-refractivity contribution in [3.63, 3.8) is 0 Å². The van der Waals surface area contributed by atoms with Gasteiger partial charge in [-0.3, -0.25) is 4.90 Å². The molecule has 0 amide bonds. The van der Waals surface area contributed by atoms with Gasteiger partial charge in [0, 0.05) is 25.3 Å². The lowest BCUT2D eigenvalue weighted by Crippen LogP contribution is -2.39. The van der Waals surface area contributed by atoms with Crippen molar-refractivity contribution in [1.29, 1.82) is 0 Å². The van der Waals surface area contributed by atoms with Crippen molar-refractivity contribution in [1.82, 2.24) is 25.2 Å². The third kappa shape index (κ3) is 3.53. The van der Waals surface area contributed by atoms with Crippen LogP contribution < -0.4 is 4.90 Å². The van der Waals surface area contributed by atoms with E-state index in [1.165, 1.54) is 0 Å². The van der Waals surface area contributed by atoms with E-state index >= 15 is 0 Å². The number of aromatic nitrogens is 4. The van der Waals surface area contributed by atoms with Gasteiger partial charge in [-0.05, 0) is 44.2 Å². The quantitative estimate of drug-likeness (QED) is 0.675. The molecule has 1 aliphatic heterocycles. The third-order valence-electron chi connectivity index (χ3n) is 4.37. The molecule has 1 saturated heterocycles. The first-order valence-corrected chi connectivity index (χ1v) is 8.39. The van der Waals surface area contributed by atoms with Crippen LogP contribution in [0.5, 0.6) is 0 Å². The topological polar surface area (TPSA) is 84.3 Å². The minimum absolute atomic E-state index is 0.411. The standard InChI is InChI=1S/C17H20N6O2/c1-22(12-16-19-17(21-25-16)14-6-4-10-24-14)11-13-5-3-9-23(13)15-7-2-8-18-20-15/h2,4,6-8,10,13H,3,5,9,11-12H2,1H3/t13-/m1/s1. The summed E-state index contributed by atoms with van der Waals surface area (Å²) in [6, 6.07) is 7.97. The summed E-state index contributed by atoms with van der Waals surface area (Å²) < 4.78 is 10.6. The number of furan rings is 1. The normalized spacial score (nSPS) is 17.5. The molecule has 0 spiro atoms. The van der Waals surface area contributed by atoms with E-state index in [0.29, 0.717) is 30.1 Å². The summed E-state index contributed by atoms with van der Waals surface area (Å²) in [6.45, 7) is 2.51. The van der Waals surface area contributed by atoms with Crippen LogP contribution in [0, 0.1) is 0 Å². The molecule has 0 radical (unpaired) electrons. The van der Waals surface area contributed by atoms with Gasteiger partial charge in [0.05, 0.1) is 12.8 Å². The van der Waals surface area contributed by atoms with Gasteiger partial charge < -0.3 is 13.8 Å². The minimum atomic E-state index is 0.411. The molecule has 8 heteroatoms. The monoisotopic (exact) mass is 340 g/mol. The Hall–Kier alpha value is -2.74. The second kappa shape index (κ2) is 7.02. The van der Waals surface area contributed by atoms with Crippen molar-refractivity contribution < 1.29 is 8.94 Å². The Bertz CT molecular complexity index is 789. The van der Waals surface area contributed by atoms with Gasteiger partial charge in [-0.25, -0.2) is 0 Å². The minimum Gasteiger partial charge on any atom is -0.461 e. The molecule has 4 rings (SSSR count). The van der Waals surface area contributed by atoms with Crippen molar-refractivity contribution in [3.05, 3.63) is 42.6 Å². The number of hydrogen-bond acceptors (Lipinski definition) is 8. The van der Waals surface area contributed by atoms with E-state index in [2.05, 4.69) is 37.2 Å². The fourth-order valence-corrected chi connectivity index (χ4v) is 3.25. The predicted octanol–water partition coefficient (Wildman–Crippen LogP) is 2.22. The Morgan fingerprint density at radius 2 is 2.28 bits per heavy atom. The molecular formula is C17H20N6O2. The fourth-order valence-electron chi connectivity index (χ4n) is 3.25. The van der Waals surface area contributed by atoms with E-state index in [1.54, 1.807) is 18.5 Å². The smallest absolute Gasteiger partial charge is 0.241 e. The molecule has 0 bridgehead atoms. The molecule has 130 valence electrons. The molecule has 0 aromatic carbocycles. The summed E-state index contributed by atoms with van der Waals surface area (Å²) in [4.78, 5) is 8.91. The molecule has 0 saturated carbocycles. The largest absolute Gasteiger partial charge is 0.461 e. The molecular weight excluding hydrogens is 320 g/mol. The Kier molecular flexibility index (Phi) is 4.43. The summed E-state index contributed by atoms with van der Waals surface area (Å²) in [5.41, 5.74) is 0. The molecule has 8 nitrogen and oxygen atoms in total. The average Bonchev–Trinajstić information content (AvgIpc) is 3.37. The highest BCUT2D eigenvalue weighted by atomic mass is 16.5. The van der Waals surface area contributed by atoms with Gasteiger partial charge in [0.25, 0.3) is 0 Å². The van der Waals surface area contributed by atoms with Gasteiger partial charge in [-0.1, -0.05) is 5.16 Å². The first-order chi connectivity index (χ1) is 12.3. The van der Waals surface area contributed by atoms with Crippen LogP contribution in [0.15, 0.2) is 45.7 Å². The second-order valence-electron chi connectivity index (χ2n) is 6.26. The molecule has 1 aliphatic rings. The Labute approximate surface area is 145 Å². The second-order valence-corrected chi connectivity index (χ2v) is 6.26. The molecule has 1 fully saturated rings. The van der Waals surface area contributed by atoms with Crippen molar-refractivity contribution in [2.45, 2.75) is 25.4 Å². The van der Waals surface area contributed by atoms with Crippen LogP contribution in [0.3, 0.4) is 0 Å². The highest BCUT2D eigenvalue weighted by molar-refractivity contribution is 5.44. The van der Waals surface area contributed by atoms with Crippen molar-refractivity contribution >= 4 is 5.82 Å². The van der Waals surface area contributed by atoms with Crippen LogP contribution in [0.1, 0.15) is 18.7 Å². The van der Waals surface area contributed by atoms with Crippen LogP contribution in [0.25, 0.3) is 11.6 Å². The van der Waals surface area contributed by atoms with E-state index < -0.39 is 0 Å². The molecule has 0 N–H and O–H groups in total. The molecule has 4 heterocycles. The highest BCUT2D eigenvalue weighted by Gasteiger charge is 2.27. The molecule has 25 heavy (non-hydrogen) atoms. The number of anilines is 1.